The van der Waals surface area contributed by atoms with Crippen LogP contribution in [0.2, 0.25) is 0 Å². The van der Waals surface area contributed by atoms with Crippen LogP contribution in [-0.4, -0.2) is 4.98 Å². The Hall–Kier alpha value is -3.03. The second kappa shape index (κ2) is 4.87. The average Bonchev–Trinajstić information content (AvgIpc) is 2.81. The van der Waals surface area contributed by atoms with E-state index < -0.39 is 11.4 Å². The number of hydrogen-bond acceptors (Lipinski definition) is 5. The maximum absolute atomic E-state index is 11.4. The maximum Gasteiger partial charge on any atom is 0.266 e. The zero-order chi connectivity index (χ0) is 12.4. The van der Waals surface area contributed by atoms with Crippen LogP contribution in [0.3, 0.4) is 0 Å². The van der Waals surface area contributed by atoms with Gasteiger partial charge in [0.05, 0.1) is 17.4 Å². The second-order valence-corrected chi connectivity index (χ2v) is 3.11. The van der Waals surface area contributed by atoms with E-state index in [4.69, 9.17) is 14.9 Å². The summed E-state index contributed by atoms with van der Waals surface area (Å²) >= 11 is 0. The van der Waals surface area contributed by atoms with E-state index in [0.29, 0.717) is 0 Å². The highest BCUT2D eigenvalue weighted by atomic mass is 16.3. The largest absolute Gasteiger partial charge is 0.859 e. The van der Waals surface area contributed by atoms with Crippen molar-refractivity contribution in [3.8, 4) is 29.3 Å². The second-order valence-electron chi connectivity index (χ2n) is 3.11. The van der Waals surface area contributed by atoms with Crippen LogP contribution in [0.1, 0.15) is 11.1 Å². The molecule has 18 heavy (non-hydrogen) atoms. The van der Waals surface area contributed by atoms with E-state index in [-0.39, 0.29) is 28.6 Å². The lowest BCUT2D eigenvalue weighted by molar-refractivity contribution is -0.275. The SMILES string of the molecule is N#Cc1c([O-])[nH]c(=O)c(C#N)c1-c1ccco1.[NH4+]. The van der Waals surface area contributed by atoms with Gasteiger partial charge in [-0.2, -0.15) is 10.5 Å². The molecule has 0 radical (unpaired) electrons. The first kappa shape index (κ1) is 13.0. The normalized spacial score (nSPS) is 9.00. The van der Waals surface area contributed by atoms with Gasteiger partial charge in [0.25, 0.3) is 5.56 Å². The summed E-state index contributed by atoms with van der Waals surface area (Å²) in [6.07, 6.45) is 1.32. The number of nitrogens with one attached hydrogen (secondary N) is 1. The number of aromatic amines is 1. The van der Waals surface area contributed by atoms with E-state index in [1.807, 2.05) is 4.98 Å². The number of pyridine rings is 1. The summed E-state index contributed by atoms with van der Waals surface area (Å²) in [6, 6.07) is 6.32. The van der Waals surface area contributed by atoms with Crippen LogP contribution in [0.25, 0.3) is 11.3 Å². The van der Waals surface area contributed by atoms with Gasteiger partial charge >= 0.3 is 0 Å². The first-order valence-corrected chi connectivity index (χ1v) is 4.50. The van der Waals surface area contributed by atoms with Crippen molar-refractivity contribution in [2.75, 3.05) is 0 Å². The maximum atomic E-state index is 11.4. The van der Waals surface area contributed by atoms with Crippen LogP contribution < -0.4 is 16.8 Å². The fourth-order valence-electron chi connectivity index (χ4n) is 1.46. The minimum atomic E-state index is -0.831. The molecule has 2 aromatic rings. The summed E-state index contributed by atoms with van der Waals surface area (Å²) in [5.74, 6) is -0.691. The molecule has 0 aliphatic rings. The number of furan rings is 1. The Labute approximate surface area is 101 Å². The number of H-pyrrole nitrogens is 1. The number of nitriles is 2. The van der Waals surface area contributed by atoms with Gasteiger partial charge < -0.3 is 20.7 Å². The average molecular weight is 244 g/mol. The Morgan fingerprint density at radius 3 is 2.44 bits per heavy atom. The van der Waals surface area contributed by atoms with Gasteiger partial charge in [0.2, 0.25) is 0 Å². The van der Waals surface area contributed by atoms with E-state index >= 15 is 0 Å². The number of rotatable bonds is 1. The zero-order valence-corrected chi connectivity index (χ0v) is 9.35. The van der Waals surface area contributed by atoms with Crippen LogP contribution in [0.4, 0.5) is 0 Å². The molecule has 0 atom stereocenters. The van der Waals surface area contributed by atoms with Gasteiger partial charge in [-0.25, -0.2) is 0 Å². The molecule has 0 spiro atoms. The highest BCUT2D eigenvalue weighted by Gasteiger charge is 2.17. The van der Waals surface area contributed by atoms with Crippen LogP contribution in [-0.2, 0) is 0 Å². The van der Waals surface area contributed by atoms with Gasteiger partial charge in [-0.15, -0.1) is 0 Å². The zero-order valence-electron chi connectivity index (χ0n) is 9.35. The molecule has 0 bridgehead atoms. The molecule has 0 amide bonds. The molecule has 0 saturated heterocycles. The Balaban J connectivity index is 0.00000162. The molecule has 0 aliphatic carbocycles. The van der Waals surface area contributed by atoms with Gasteiger partial charge in [-0.05, 0) is 18.0 Å². The lowest BCUT2D eigenvalue weighted by atomic mass is 10.0. The van der Waals surface area contributed by atoms with Crippen LogP contribution in [0.5, 0.6) is 5.88 Å². The molecule has 5 N–H and O–H groups in total. The first-order chi connectivity index (χ1) is 8.19. The smallest absolute Gasteiger partial charge is 0.266 e. The molecule has 2 rings (SSSR count). The van der Waals surface area contributed by atoms with Crippen molar-refractivity contribution in [3.63, 3.8) is 0 Å². The molecule has 7 nitrogen and oxygen atoms in total. The summed E-state index contributed by atoms with van der Waals surface area (Å²) in [4.78, 5) is 13.3. The third kappa shape index (κ3) is 1.82. The van der Waals surface area contributed by atoms with Crippen molar-refractivity contribution >= 4 is 0 Å². The lowest BCUT2D eigenvalue weighted by Crippen LogP contribution is -2.16. The molecular weight excluding hydrogens is 236 g/mol. The number of hydrogen-bond donors (Lipinski definition) is 2. The minimum absolute atomic E-state index is 0. The summed E-state index contributed by atoms with van der Waals surface area (Å²) in [6.45, 7) is 0. The van der Waals surface area contributed by atoms with Crippen molar-refractivity contribution in [3.05, 3.63) is 39.9 Å². The summed E-state index contributed by atoms with van der Waals surface area (Å²) in [5.41, 5.74) is -1.51. The van der Waals surface area contributed by atoms with Gasteiger partial charge in [-0.1, -0.05) is 0 Å². The fraction of sp³-hybridized carbons (Fsp3) is 0. The Kier molecular flexibility index (Phi) is 3.53. The van der Waals surface area contributed by atoms with E-state index in [1.54, 1.807) is 12.1 Å². The molecule has 0 fully saturated rings. The summed E-state index contributed by atoms with van der Waals surface area (Å²) in [5, 5.41) is 29.2. The van der Waals surface area contributed by atoms with Crippen molar-refractivity contribution < 1.29 is 9.52 Å². The van der Waals surface area contributed by atoms with Gasteiger partial charge in [-0.3, -0.25) is 4.79 Å². The van der Waals surface area contributed by atoms with Crippen LogP contribution in [0, 0.1) is 22.7 Å². The summed E-state index contributed by atoms with van der Waals surface area (Å²) < 4.78 is 5.02. The van der Waals surface area contributed by atoms with Crippen molar-refractivity contribution in [2.24, 2.45) is 0 Å². The predicted molar refractivity (Wildman–Crippen MR) is 59.6 cm³/mol. The van der Waals surface area contributed by atoms with Crippen LogP contribution >= 0.6 is 0 Å². The highest BCUT2D eigenvalue weighted by molar-refractivity contribution is 5.74. The third-order valence-electron chi connectivity index (χ3n) is 2.17. The fourth-order valence-corrected chi connectivity index (χ4v) is 1.46. The van der Waals surface area contributed by atoms with E-state index in [1.165, 1.54) is 18.4 Å². The third-order valence-corrected chi connectivity index (χ3v) is 2.17. The predicted octanol–water partition coefficient (Wildman–Crippen LogP) is 0.828. The quantitative estimate of drug-likeness (QED) is 0.760. The van der Waals surface area contributed by atoms with Gasteiger partial charge in [0, 0.05) is 0 Å². The Bertz CT molecular complexity index is 702. The number of nitrogens with zero attached hydrogens (tertiary/aromatic N) is 2. The van der Waals surface area contributed by atoms with E-state index in [0.717, 1.165) is 0 Å². The molecular formula is C11H8N4O3. The molecule has 0 unspecified atom stereocenters. The van der Waals surface area contributed by atoms with Crippen molar-refractivity contribution in [1.29, 1.82) is 10.5 Å². The van der Waals surface area contributed by atoms with E-state index in [2.05, 4.69) is 0 Å². The Morgan fingerprint density at radius 2 is 1.94 bits per heavy atom. The standard InChI is InChI=1S/C11H5N3O3.H3N/c12-4-6-9(8-2-1-3-17-8)7(5-13)11(16)14-10(6)15;/h1-3H,(H2,14,15,16);1H3. The molecule has 0 aliphatic heterocycles. The number of aromatic nitrogens is 1. The number of quaternary nitrogens is 1. The van der Waals surface area contributed by atoms with Gasteiger partial charge in [0.15, 0.2) is 0 Å². The lowest BCUT2D eigenvalue weighted by Gasteiger charge is -2.11. The van der Waals surface area contributed by atoms with E-state index in [9.17, 15) is 9.90 Å². The van der Waals surface area contributed by atoms with Crippen LogP contribution in [0.15, 0.2) is 27.6 Å². The molecule has 2 heterocycles. The summed E-state index contributed by atoms with van der Waals surface area (Å²) in [7, 11) is 0. The van der Waals surface area contributed by atoms with Crippen molar-refractivity contribution in [1.82, 2.24) is 11.1 Å². The molecule has 0 aromatic carbocycles. The molecule has 2 aromatic heterocycles. The topological polar surface area (TPSA) is 153 Å². The highest BCUT2D eigenvalue weighted by Crippen LogP contribution is 2.28. The Morgan fingerprint density at radius 1 is 1.28 bits per heavy atom. The first-order valence-electron chi connectivity index (χ1n) is 4.50. The molecule has 7 heteroatoms. The monoisotopic (exact) mass is 244 g/mol. The minimum Gasteiger partial charge on any atom is -0.859 e. The van der Waals surface area contributed by atoms with Gasteiger partial charge in [0.1, 0.15) is 23.5 Å². The molecule has 0 saturated carbocycles. The van der Waals surface area contributed by atoms with Crippen molar-refractivity contribution in [2.45, 2.75) is 0 Å². The molecule has 90 valence electrons.